The third-order valence-corrected chi connectivity index (χ3v) is 3.42. The normalized spacial score (nSPS) is 19.4. The van der Waals surface area contributed by atoms with Crippen molar-refractivity contribution >= 4 is 0 Å². The molecule has 0 N–H and O–H groups in total. The quantitative estimate of drug-likeness (QED) is 0.497. The summed E-state index contributed by atoms with van der Waals surface area (Å²) >= 11 is 0. The van der Waals surface area contributed by atoms with Crippen molar-refractivity contribution in [1.29, 1.82) is 0 Å². The summed E-state index contributed by atoms with van der Waals surface area (Å²) in [6.07, 6.45) is 11.8. The second-order valence-electron chi connectivity index (χ2n) is 5.66. The Bertz CT molecular complexity index is 131. The second kappa shape index (κ2) is 5.02. The van der Waals surface area contributed by atoms with Crippen molar-refractivity contribution in [1.82, 2.24) is 0 Å². The highest BCUT2D eigenvalue weighted by atomic mass is 14.4. The minimum Gasteiger partial charge on any atom is -0.0628 e. The minimum absolute atomic E-state index is 0.790. The summed E-state index contributed by atoms with van der Waals surface area (Å²) in [4.78, 5) is 0. The Morgan fingerprint density at radius 2 is 1.62 bits per heavy atom. The molecule has 0 heterocycles. The molecule has 0 aromatic heterocycles. The number of hydrogen-bond donors (Lipinski definition) is 0. The van der Waals surface area contributed by atoms with Crippen LogP contribution >= 0.6 is 0 Å². The Hall–Kier alpha value is 0. The van der Waals surface area contributed by atoms with Crippen molar-refractivity contribution in [2.45, 2.75) is 72.1 Å². The molecule has 0 aromatic rings. The van der Waals surface area contributed by atoms with Crippen LogP contribution in [0.4, 0.5) is 0 Å². The van der Waals surface area contributed by atoms with Crippen molar-refractivity contribution in [3.63, 3.8) is 0 Å². The molecule has 0 bridgehead atoms. The third kappa shape index (κ3) is 5.33. The molecule has 78 valence electrons. The van der Waals surface area contributed by atoms with E-state index in [1.807, 2.05) is 0 Å². The van der Waals surface area contributed by atoms with Gasteiger partial charge in [-0.2, -0.15) is 0 Å². The summed E-state index contributed by atoms with van der Waals surface area (Å²) in [5, 5.41) is 0. The minimum atomic E-state index is 0.790. The Balaban J connectivity index is 1.79. The Morgan fingerprint density at radius 1 is 1.00 bits per heavy atom. The molecule has 0 heteroatoms. The predicted molar refractivity (Wildman–Crippen MR) is 59.9 cm³/mol. The highest BCUT2D eigenvalue weighted by molar-refractivity contribution is 4.87. The topological polar surface area (TPSA) is 0 Å². The zero-order valence-electron chi connectivity index (χ0n) is 9.73. The highest BCUT2D eigenvalue weighted by Gasteiger charge is 2.35. The lowest BCUT2D eigenvalue weighted by Gasteiger charge is -2.07. The maximum Gasteiger partial charge on any atom is -0.0325 e. The van der Waals surface area contributed by atoms with Crippen molar-refractivity contribution in [3.8, 4) is 0 Å². The van der Waals surface area contributed by atoms with E-state index in [1.54, 1.807) is 0 Å². The molecule has 0 saturated heterocycles. The summed E-state index contributed by atoms with van der Waals surface area (Å²) in [5.74, 6) is 0.904. The molecule has 0 radical (unpaired) electrons. The van der Waals surface area contributed by atoms with Gasteiger partial charge in [0, 0.05) is 0 Å². The van der Waals surface area contributed by atoms with Gasteiger partial charge in [-0.25, -0.2) is 0 Å². The molecule has 0 amide bonds. The monoisotopic (exact) mass is 182 g/mol. The maximum absolute atomic E-state index is 2.45. The Labute approximate surface area is 84.1 Å². The summed E-state index contributed by atoms with van der Waals surface area (Å²) in [5.41, 5.74) is 0.790. The average Bonchev–Trinajstić information content (AvgIpc) is 2.76. The molecule has 0 atom stereocenters. The molecule has 0 unspecified atom stereocenters. The van der Waals surface area contributed by atoms with Gasteiger partial charge in [-0.1, -0.05) is 52.9 Å². The predicted octanol–water partition coefficient (Wildman–Crippen LogP) is 4.78. The standard InChI is InChI=1S/C13H26/c1-12(2)8-6-4-5-7-9-13(3)10-11-13/h12H,4-11H2,1-3H3. The van der Waals surface area contributed by atoms with E-state index in [0.717, 1.165) is 11.3 Å². The van der Waals surface area contributed by atoms with Gasteiger partial charge in [0.25, 0.3) is 0 Å². The summed E-state index contributed by atoms with van der Waals surface area (Å²) in [6.45, 7) is 7.09. The molecule has 1 aliphatic carbocycles. The molecule has 0 aromatic carbocycles. The van der Waals surface area contributed by atoms with Crippen LogP contribution in [0.25, 0.3) is 0 Å². The Kier molecular flexibility index (Phi) is 4.28. The summed E-state index contributed by atoms with van der Waals surface area (Å²) in [7, 11) is 0. The van der Waals surface area contributed by atoms with Gasteiger partial charge in [-0.05, 0) is 30.6 Å². The van der Waals surface area contributed by atoms with Crippen molar-refractivity contribution < 1.29 is 0 Å². The van der Waals surface area contributed by atoms with E-state index < -0.39 is 0 Å². The van der Waals surface area contributed by atoms with Crippen LogP contribution in [0.3, 0.4) is 0 Å². The zero-order valence-corrected chi connectivity index (χ0v) is 9.73. The average molecular weight is 182 g/mol. The van der Waals surface area contributed by atoms with Crippen LogP contribution in [0, 0.1) is 11.3 Å². The fourth-order valence-electron chi connectivity index (χ4n) is 1.92. The molecular formula is C13H26. The van der Waals surface area contributed by atoms with Crippen LogP contribution in [0.5, 0.6) is 0 Å². The van der Waals surface area contributed by atoms with E-state index in [9.17, 15) is 0 Å². The molecule has 1 rings (SSSR count). The van der Waals surface area contributed by atoms with Crippen LogP contribution < -0.4 is 0 Å². The van der Waals surface area contributed by atoms with Crippen LogP contribution in [0.2, 0.25) is 0 Å². The lowest BCUT2D eigenvalue weighted by molar-refractivity contribution is 0.458. The van der Waals surface area contributed by atoms with Crippen molar-refractivity contribution in [2.24, 2.45) is 11.3 Å². The van der Waals surface area contributed by atoms with Gasteiger partial charge in [-0.3, -0.25) is 0 Å². The van der Waals surface area contributed by atoms with Gasteiger partial charge in [-0.15, -0.1) is 0 Å². The lowest BCUT2D eigenvalue weighted by atomic mass is 9.99. The van der Waals surface area contributed by atoms with E-state index >= 15 is 0 Å². The van der Waals surface area contributed by atoms with Crippen molar-refractivity contribution in [2.75, 3.05) is 0 Å². The SMILES string of the molecule is CC(C)CCCCCCC1(C)CC1. The lowest BCUT2D eigenvalue weighted by Crippen LogP contribution is -1.92. The fourth-order valence-corrected chi connectivity index (χ4v) is 1.92. The molecule has 13 heavy (non-hydrogen) atoms. The first-order chi connectivity index (χ1) is 6.12. The molecular weight excluding hydrogens is 156 g/mol. The first kappa shape index (κ1) is 11.1. The zero-order chi connectivity index (χ0) is 9.73. The van der Waals surface area contributed by atoms with Gasteiger partial charge in [0.1, 0.15) is 0 Å². The first-order valence-corrected chi connectivity index (χ1v) is 6.12. The maximum atomic E-state index is 2.45. The first-order valence-electron chi connectivity index (χ1n) is 6.12. The summed E-state index contributed by atoms with van der Waals surface area (Å²) in [6, 6.07) is 0. The van der Waals surface area contributed by atoms with Crippen LogP contribution in [0.1, 0.15) is 72.1 Å². The summed E-state index contributed by atoms with van der Waals surface area (Å²) < 4.78 is 0. The van der Waals surface area contributed by atoms with Crippen molar-refractivity contribution in [3.05, 3.63) is 0 Å². The second-order valence-corrected chi connectivity index (χ2v) is 5.66. The third-order valence-electron chi connectivity index (χ3n) is 3.42. The van der Waals surface area contributed by atoms with Gasteiger partial charge >= 0.3 is 0 Å². The van der Waals surface area contributed by atoms with Crippen LogP contribution in [0.15, 0.2) is 0 Å². The number of unbranched alkanes of at least 4 members (excludes halogenated alkanes) is 3. The van der Waals surface area contributed by atoms with Crippen LogP contribution in [-0.4, -0.2) is 0 Å². The van der Waals surface area contributed by atoms with Gasteiger partial charge in [0.15, 0.2) is 0 Å². The van der Waals surface area contributed by atoms with E-state index in [0.29, 0.717) is 0 Å². The van der Waals surface area contributed by atoms with E-state index in [-0.39, 0.29) is 0 Å². The van der Waals surface area contributed by atoms with Crippen LogP contribution in [-0.2, 0) is 0 Å². The number of rotatable bonds is 7. The largest absolute Gasteiger partial charge is 0.0628 e. The highest BCUT2D eigenvalue weighted by Crippen LogP contribution is 2.49. The Morgan fingerprint density at radius 3 is 2.15 bits per heavy atom. The van der Waals surface area contributed by atoms with E-state index in [1.165, 1.54) is 51.4 Å². The van der Waals surface area contributed by atoms with Gasteiger partial charge < -0.3 is 0 Å². The van der Waals surface area contributed by atoms with Gasteiger partial charge in [0.2, 0.25) is 0 Å². The van der Waals surface area contributed by atoms with Gasteiger partial charge in [0.05, 0.1) is 0 Å². The molecule has 0 spiro atoms. The fraction of sp³-hybridized carbons (Fsp3) is 1.00. The number of hydrogen-bond acceptors (Lipinski definition) is 0. The molecule has 0 nitrogen and oxygen atoms in total. The molecule has 0 aliphatic heterocycles. The molecule has 1 aliphatic rings. The molecule has 1 saturated carbocycles. The van der Waals surface area contributed by atoms with E-state index in [4.69, 9.17) is 0 Å². The van der Waals surface area contributed by atoms with E-state index in [2.05, 4.69) is 20.8 Å². The molecule has 1 fully saturated rings. The smallest absolute Gasteiger partial charge is 0.0325 e.